The summed E-state index contributed by atoms with van der Waals surface area (Å²) in [5.74, 6) is 1.51. The summed E-state index contributed by atoms with van der Waals surface area (Å²) in [4.78, 5) is 22.2. The molecule has 0 aromatic carbocycles. The maximum Gasteiger partial charge on any atom is 0.269 e. The van der Waals surface area contributed by atoms with E-state index in [1.165, 1.54) is 0 Å². The van der Waals surface area contributed by atoms with Crippen LogP contribution in [-0.4, -0.2) is 20.2 Å². The molecule has 0 amide bonds. The summed E-state index contributed by atoms with van der Waals surface area (Å²) >= 11 is 1.61. The van der Waals surface area contributed by atoms with Gasteiger partial charge in [-0.05, 0) is 43.2 Å². The van der Waals surface area contributed by atoms with Crippen LogP contribution >= 0.6 is 11.3 Å². The first-order chi connectivity index (χ1) is 11.5. The van der Waals surface area contributed by atoms with E-state index in [4.69, 9.17) is 0 Å². The van der Waals surface area contributed by atoms with Crippen LogP contribution < -0.4 is 10.9 Å². The highest BCUT2D eigenvalue weighted by Crippen LogP contribution is 2.29. The lowest BCUT2D eigenvalue weighted by Gasteiger charge is -2.12. The summed E-state index contributed by atoms with van der Waals surface area (Å²) in [6.45, 7) is 8.45. The third kappa shape index (κ3) is 2.91. The van der Waals surface area contributed by atoms with Crippen molar-refractivity contribution < 1.29 is 0 Å². The van der Waals surface area contributed by atoms with E-state index in [-0.39, 0.29) is 5.56 Å². The normalized spacial score (nSPS) is 11.2. The lowest BCUT2D eigenvalue weighted by Crippen LogP contribution is -2.22. The van der Waals surface area contributed by atoms with Crippen molar-refractivity contribution >= 4 is 27.4 Å². The van der Waals surface area contributed by atoms with E-state index in [1.54, 1.807) is 11.3 Å². The second-order valence-electron chi connectivity index (χ2n) is 5.74. The minimum atomic E-state index is -0.138. The number of rotatable bonds is 5. The molecule has 6 nitrogen and oxygen atoms in total. The first-order valence-electron chi connectivity index (χ1n) is 8.10. The molecule has 3 rings (SSSR count). The van der Waals surface area contributed by atoms with Gasteiger partial charge in [-0.3, -0.25) is 4.79 Å². The van der Waals surface area contributed by atoms with Crippen LogP contribution in [0.5, 0.6) is 0 Å². The Kier molecular flexibility index (Phi) is 4.62. The van der Waals surface area contributed by atoms with Gasteiger partial charge in [-0.2, -0.15) is 5.10 Å². The van der Waals surface area contributed by atoms with Crippen LogP contribution in [0.1, 0.15) is 42.1 Å². The molecule has 0 unspecified atom stereocenters. The maximum atomic E-state index is 12.2. The molecule has 126 valence electrons. The predicted octanol–water partition coefficient (Wildman–Crippen LogP) is 3.13. The second kappa shape index (κ2) is 6.68. The van der Waals surface area contributed by atoms with E-state index in [9.17, 15) is 4.79 Å². The molecule has 0 aliphatic rings. The van der Waals surface area contributed by atoms with Gasteiger partial charge in [0.05, 0.1) is 11.1 Å². The first kappa shape index (κ1) is 16.6. The number of hydrogen-bond donors (Lipinski definition) is 2. The predicted molar refractivity (Wildman–Crippen MR) is 97.8 cm³/mol. The SMILES string of the molecule is CCc1n[nH]c(=O)c(CNc2nc(C)nc3scc(C)c23)c1CC. The zero-order valence-corrected chi connectivity index (χ0v) is 15.2. The Balaban J connectivity index is 2.00. The van der Waals surface area contributed by atoms with Crippen LogP contribution in [0.4, 0.5) is 5.82 Å². The van der Waals surface area contributed by atoms with Gasteiger partial charge >= 0.3 is 0 Å². The molecule has 3 heterocycles. The lowest BCUT2D eigenvalue weighted by atomic mass is 10.0. The number of thiophene rings is 1. The number of aromatic nitrogens is 4. The molecular formula is C17H21N5OS. The minimum absolute atomic E-state index is 0.138. The average Bonchev–Trinajstić information content (AvgIpc) is 2.94. The second-order valence-corrected chi connectivity index (χ2v) is 6.59. The van der Waals surface area contributed by atoms with Crippen molar-refractivity contribution in [3.05, 3.63) is 43.9 Å². The molecule has 0 atom stereocenters. The fourth-order valence-electron chi connectivity index (χ4n) is 2.95. The third-order valence-electron chi connectivity index (χ3n) is 4.13. The van der Waals surface area contributed by atoms with Crippen LogP contribution in [-0.2, 0) is 19.4 Å². The molecule has 0 saturated heterocycles. The quantitative estimate of drug-likeness (QED) is 0.743. The molecule has 7 heteroatoms. The summed E-state index contributed by atoms with van der Waals surface area (Å²) in [7, 11) is 0. The zero-order valence-electron chi connectivity index (χ0n) is 14.4. The van der Waals surface area contributed by atoms with Gasteiger partial charge in [0.25, 0.3) is 5.56 Å². The summed E-state index contributed by atoms with van der Waals surface area (Å²) in [5.41, 5.74) is 3.72. The average molecular weight is 343 g/mol. The smallest absolute Gasteiger partial charge is 0.269 e. The van der Waals surface area contributed by atoms with E-state index in [0.717, 1.165) is 57.1 Å². The van der Waals surface area contributed by atoms with Gasteiger partial charge in [-0.25, -0.2) is 15.1 Å². The highest BCUT2D eigenvalue weighted by molar-refractivity contribution is 7.17. The Labute approximate surface area is 144 Å². The Morgan fingerprint density at radius 1 is 1.17 bits per heavy atom. The van der Waals surface area contributed by atoms with E-state index < -0.39 is 0 Å². The summed E-state index contributed by atoms with van der Waals surface area (Å²) < 4.78 is 0. The molecule has 0 spiro atoms. The molecule has 0 aliphatic carbocycles. The van der Waals surface area contributed by atoms with Gasteiger partial charge < -0.3 is 5.32 Å². The van der Waals surface area contributed by atoms with Gasteiger partial charge in [0.2, 0.25) is 0 Å². The molecule has 3 aromatic rings. The minimum Gasteiger partial charge on any atom is -0.365 e. The van der Waals surface area contributed by atoms with Crippen molar-refractivity contribution in [1.82, 2.24) is 20.2 Å². The van der Waals surface area contributed by atoms with E-state index in [1.807, 2.05) is 13.8 Å². The zero-order chi connectivity index (χ0) is 17.3. The summed E-state index contributed by atoms with van der Waals surface area (Å²) in [6, 6.07) is 0. The van der Waals surface area contributed by atoms with Crippen molar-refractivity contribution in [2.45, 2.75) is 47.1 Å². The van der Waals surface area contributed by atoms with Crippen molar-refractivity contribution in [2.24, 2.45) is 0 Å². The molecule has 3 aromatic heterocycles. The third-order valence-corrected chi connectivity index (χ3v) is 5.12. The number of fused-ring (bicyclic) bond motifs is 1. The standard InChI is InChI=1S/C17H21N5OS/c1-5-11-12(16(23)22-21-13(11)6-2)7-18-15-14-9(3)8-24-17(14)20-10(4)19-15/h8H,5-7H2,1-4H3,(H,22,23)(H,18,19,20). The van der Waals surface area contributed by atoms with Crippen molar-refractivity contribution in [3.8, 4) is 0 Å². The van der Waals surface area contributed by atoms with Crippen molar-refractivity contribution in [3.63, 3.8) is 0 Å². The molecule has 0 bridgehead atoms. The van der Waals surface area contributed by atoms with E-state index >= 15 is 0 Å². The molecule has 0 fully saturated rings. The van der Waals surface area contributed by atoms with Crippen LogP contribution in [0, 0.1) is 13.8 Å². The highest BCUT2D eigenvalue weighted by Gasteiger charge is 2.14. The monoisotopic (exact) mass is 343 g/mol. The molecule has 24 heavy (non-hydrogen) atoms. The number of nitrogens with one attached hydrogen (secondary N) is 2. The number of aromatic amines is 1. The van der Waals surface area contributed by atoms with Gasteiger partial charge in [-0.1, -0.05) is 13.8 Å². The number of nitrogens with zero attached hydrogens (tertiary/aromatic N) is 3. The molecule has 0 aliphatic heterocycles. The highest BCUT2D eigenvalue weighted by atomic mass is 32.1. The van der Waals surface area contributed by atoms with Gasteiger partial charge in [0.15, 0.2) is 0 Å². The molecular weight excluding hydrogens is 322 g/mol. The van der Waals surface area contributed by atoms with Gasteiger partial charge in [0.1, 0.15) is 16.5 Å². The molecule has 0 radical (unpaired) electrons. The van der Waals surface area contributed by atoms with Crippen LogP contribution in [0.15, 0.2) is 10.2 Å². The first-order valence-corrected chi connectivity index (χ1v) is 8.98. The Morgan fingerprint density at radius 3 is 2.67 bits per heavy atom. The largest absolute Gasteiger partial charge is 0.365 e. The number of H-pyrrole nitrogens is 1. The topological polar surface area (TPSA) is 83.6 Å². The van der Waals surface area contributed by atoms with E-state index in [2.05, 4.69) is 44.7 Å². The van der Waals surface area contributed by atoms with Crippen LogP contribution in [0.25, 0.3) is 10.2 Å². The van der Waals surface area contributed by atoms with Crippen molar-refractivity contribution in [1.29, 1.82) is 0 Å². The number of hydrogen-bond acceptors (Lipinski definition) is 6. The van der Waals surface area contributed by atoms with E-state index in [0.29, 0.717) is 6.54 Å². The fraction of sp³-hybridized carbons (Fsp3) is 0.412. The van der Waals surface area contributed by atoms with Crippen LogP contribution in [0.3, 0.4) is 0 Å². The maximum absolute atomic E-state index is 12.2. The fourth-order valence-corrected chi connectivity index (χ4v) is 3.92. The lowest BCUT2D eigenvalue weighted by molar-refractivity contribution is 0.826. The summed E-state index contributed by atoms with van der Waals surface area (Å²) in [5, 5.41) is 13.2. The van der Waals surface area contributed by atoms with Crippen molar-refractivity contribution in [2.75, 3.05) is 5.32 Å². The van der Waals surface area contributed by atoms with Gasteiger partial charge in [-0.15, -0.1) is 11.3 Å². The number of aryl methyl sites for hydroxylation is 3. The Hall–Kier alpha value is -2.28. The van der Waals surface area contributed by atoms with Gasteiger partial charge in [0, 0.05) is 12.1 Å². The Bertz CT molecular complexity index is 944. The van der Waals surface area contributed by atoms with Crippen LogP contribution in [0.2, 0.25) is 0 Å². The Morgan fingerprint density at radius 2 is 1.96 bits per heavy atom. The summed E-state index contributed by atoms with van der Waals surface area (Å²) in [6.07, 6.45) is 1.58. The molecule has 2 N–H and O–H groups in total. The number of anilines is 1. The molecule has 0 saturated carbocycles.